The van der Waals surface area contributed by atoms with Gasteiger partial charge in [-0.15, -0.1) is 0 Å². The van der Waals surface area contributed by atoms with Crippen molar-refractivity contribution in [1.29, 1.82) is 0 Å². The minimum absolute atomic E-state index is 0.0245. The number of halogens is 5. The monoisotopic (exact) mass is 599 g/mol. The van der Waals surface area contributed by atoms with E-state index in [0.29, 0.717) is 30.0 Å². The molecule has 1 fully saturated rings. The Labute approximate surface area is 240 Å². The number of rotatable bonds is 9. The van der Waals surface area contributed by atoms with E-state index in [1.807, 2.05) is 0 Å². The lowest BCUT2D eigenvalue weighted by molar-refractivity contribution is -0.153. The van der Waals surface area contributed by atoms with Gasteiger partial charge in [0.05, 0.1) is 34.9 Å². The summed E-state index contributed by atoms with van der Waals surface area (Å²) in [5.41, 5.74) is 1.06. The molecule has 0 spiro atoms. The summed E-state index contributed by atoms with van der Waals surface area (Å²) >= 11 is 0. The molecule has 1 saturated heterocycles. The largest absolute Gasteiger partial charge is 0.478 e. The minimum atomic E-state index is -4.63. The molecule has 1 aliphatic rings. The van der Waals surface area contributed by atoms with Crippen molar-refractivity contribution in [3.63, 3.8) is 0 Å². The Balaban J connectivity index is 1.25. The molecule has 8 nitrogen and oxygen atoms in total. The summed E-state index contributed by atoms with van der Waals surface area (Å²) < 4.78 is 86.5. The van der Waals surface area contributed by atoms with E-state index in [9.17, 15) is 23.1 Å². The first-order chi connectivity index (χ1) is 20.5. The highest BCUT2D eigenvalue weighted by molar-refractivity contribution is 5.92. The van der Waals surface area contributed by atoms with Gasteiger partial charge in [-0.1, -0.05) is 6.07 Å². The molecule has 0 aliphatic carbocycles. The molecule has 222 valence electrons. The number of nitrogens with zero attached hydrogens (tertiary/aromatic N) is 3. The summed E-state index contributed by atoms with van der Waals surface area (Å²) in [6.45, 7) is 0.628. The highest BCUT2D eigenvalue weighted by atomic mass is 19.4. The molecule has 3 aromatic heterocycles. The van der Waals surface area contributed by atoms with E-state index in [4.69, 9.17) is 13.9 Å². The Morgan fingerprint density at radius 2 is 1.86 bits per heavy atom. The van der Waals surface area contributed by atoms with Crippen LogP contribution in [0.25, 0.3) is 22.3 Å². The zero-order valence-electron chi connectivity index (χ0n) is 22.2. The van der Waals surface area contributed by atoms with Crippen molar-refractivity contribution in [2.24, 2.45) is 0 Å². The van der Waals surface area contributed by atoms with E-state index in [2.05, 4.69) is 9.97 Å². The third-order valence-electron chi connectivity index (χ3n) is 7.04. The summed E-state index contributed by atoms with van der Waals surface area (Å²) in [4.78, 5) is 20.3. The number of benzene rings is 2. The molecule has 0 unspecified atom stereocenters. The van der Waals surface area contributed by atoms with Crippen LogP contribution in [0.3, 0.4) is 0 Å². The number of hydrogen-bond donors (Lipinski definition) is 1. The average molecular weight is 600 g/mol. The molecule has 0 radical (unpaired) electrons. The van der Waals surface area contributed by atoms with Gasteiger partial charge in [0.25, 0.3) is 0 Å². The van der Waals surface area contributed by atoms with Crippen LogP contribution in [0.1, 0.15) is 39.7 Å². The molecule has 1 aliphatic heterocycles. The zero-order valence-corrected chi connectivity index (χ0v) is 22.2. The van der Waals surface area contributed by atoms with Gasteiger partial charge >= 0.3 is 12.1 Å². The lowest BCUT2D eigenvalue weighted by Crippen LogP contribution is -2.31. The van der Waals surface area contributed by atoms with E-state index in [-0.39, 0.29) is 53.2 Å². The molecular formula is C30H22F5N3O5. The van der Waals surface area contributed by atoms with Crippen LogP contribution in [-0.2, 0) is 30.5 Å². The normalized spacial score (nSPS) is 15.0. The number of aromatic carboxylic acids is 1. The van der Waals surface area contributed by atoms with Crippen LogP contribution in [0.4, 0.5) is 22.0 Å². The number of carbonyl (C=O) groups is 1. The van der Waals surface area contributed by atoms with Crippen LogP contribution in [0, 0.1) is 11.6 Å². The summed E-state index contributed by atoms with van der Waals surface area (Å²) in [5, 5.41) is 9.43. The standard InChI is InChI=1S/C30H22F5N3O5/c31-21-13-20(23-2-1-3-28(37-23)42-15-19-5-7-26(43-19)30(33,34)35)22(32)10-17(21)12-27-36-24-6-4-16(29(39)40)11-25(24)38(27)14-18-8-9-41-18/h1-7,10-11,13,18H,8-9,12,14-15H2,(H,39,40)/t18-/m0/s1. The maximum absolute atomic E-state index is 15.4. The maximum Gasteiger partial charge on any atom is 0.449 e. The molecule has 6 rings (SSSR count). The van der Waals surface area contributed by atoms with Crippen LogP contribution in [0.15, 0.2) is 65.1 Å². The number of aromatic nitrogens is 3. The molecule has 0 bridgehead atoms. The fraction of sp³-hybridized carbons (Fsp3) is 0.233. The number of hydrogen-bond acceptors (Lipinski definition) is 6. The van der Waals surface area contributed by atoms with Crippen molar-refractivity contribution >= 4 is 17.0 Å². The fourth-order valence-corrected chi connectivity index (χ4v) is 4.76. The Kier molecular flexibility index (Phi) is 7.34. The van der Waals surface area contributed by atoms with Crippen molar-refractivity contribution in [2.75, 3.05) is 6.61 Å². The van der Waals surface area contributed by atoms with Gasteiger partial charge in [0.2, 0.25) is 11.6 Å². The number of alkyl halides is 3. The van der Waals surface area contributed by atoms with Gasteiger partial charge in [-0.3, -0.25) is 0 Å². The fourth-order valence-electron chi connectivity index (χ4n) is 4.76. The highest BCUT2D eigenvalue weighted by Gasteiger charge is 2.34. The molecule has 43 heavy (non-hydrogen) atoms. The molecule has 13 heteroatoms. The van der Waals surface area contributed by atoms with E-state index >= 15 is 8.78 Å². The first-order valence-corrected chi connectivity index (χ1v) is 13.1. The number of ether oxygens (including phenoxy) is 2. The van der Waals surface area contributed by atoms with Crippen molar-refractivity contribution in [1.82, 2.24) is 14.5 Å². The Hall–Kier alpha value is -4.78. The third kappa shape index (κ3) is 5.93. The molecule has 0 amide bonds. The van der Waals surface area contributed by atoms with Crippen LogP contribution in [0.5, 0.6) is 5.88 Å². The lowest BCUT2D eigenvalue weighted by atomic mass is 10.0. The summed E-state index contributed by atoms with van der Waals surface area (Å²) in [6.07, 6.45) is -4.01. The van der Waals surface area contributed by atoms with Crippen molar-refractivity contribution in [3.05, 3.63) is 101 Å². The molecule has 1 atom stereocenters. The van der Waals surface area contributed by atoms with Gasteiger partial charge < -0.3 is 23.6 Å². The second kappa shape index (κ2) is 11.1. The van der Waals surface area contributed by atoms with Gasteiger partial charge in [0.15, 0.2) is 0 Å². The highest BCUT2D eigenvalue weighted by Crippen LogP contribution is 2.32. The summed E-state index contributed by atoms with van der Waals surface area (Å²) in [6, 6.07) is 12.8. The van der Waals surface area contributed by atoms with Crippen LogP contribution < -0.4 is 4.74 Å². The van der Waals surface area contributed by atoms with E-state index < -0.39 is 29.5 Å². The first kappa shape index (κ1) is 28.3. The molecule has 5 aromatic rings. The molecular weight excluding hydrogens is 577 g/mol. The topological polar surface area (TPSA) is 99.6 Å². The van der Waals surface area contributed by atoms with Gasteiger partial charge in [0, 0.05) is 24.7 Å². The number of furan rings is 1. The quantitative estimate of drug-likeness (QED) is 0.190. The second-order valence-corrected chi connectivity index (χ2v) is 9.94. The summed E-state index contributed by atoms with van der Waals surface area (Å²) in [7, 11) is 0. The number of fused-ring (bicyclic) bond motifs is 1. The lowest BCUT2D eigenvalue weighted by Gasteiger charge is -2.27. The minimum Gasteiger partial charge on any atom is -0.478 e. The third-order valence-corrected chi connectivity index (χ3v) is 7.04. The zero-order chi connectivity index (χ0) is 30.3. The molecule has 4 heterocycles. The van der Waals surface area contributed by atoms with Gasteiger partial charge in [0.1, 0.15) is 29.8 Å². The number of carboxylic acids is 1. The Morgan fingerprint density at radius 3 is 2.56 bits per heavy atom. The average Bonchev–Trinajstić information content (AvgIpc) is 3.56. The van der Waals surface area contributed by atoms with E-state index in [1.165, 1.54) is 30.3 Å². The van der Waals surface area contributed by atoms with Gasteiger partial charge in [-0.2, -0.15) is 13.2 Å². The van der Waals surface area contributed by atoms with E-state index in [0.717, 1.165) is 30.7 Å². The van der Waals surface area contributed by atoms with Crippen molar-refractivity contribution < 1.29 is 45.7 Å². The second-order valence-electron chi connectivity index (χ2n) is 9.94. The van der Waals surface area contributed by atoms with Crippen LogP contribution in [0.2, 0.25) is 0 Å². The number of imidazole rings is 1. The Morgan fingerprint density at radius 1 is 1.05 bits per heavy atom. The van der Waals surface area contributed by atoms with Crippen LogP contribution in [-0.4, -0.2) is 38.3 Å². The first-order valence-electron chi connectivity index (χ1n) is 13.1. The van der Waals surface area contributed by atoms with Crippen LogP contribution >= 0.6 is 0 Å². The SMILES string of the molecule is O=C(O)c1ccc2nc(Cc3cc(F)c(-c4cccc(OCc5ccc(C(F)(F)F)o5)n4)cc3F)n(C[C@@H]3CCO3)c2c1. The smallest absolute Gasteiger partial charge is 0.449 e. The predicted octanol–water partition coefficient (Wildman–Crippen LogP) is 6.65. The summed E-state index contributed by atoms with van der Waals surface area (Å²) in [5.74, 6) is -3.44. The number of pyridine rings is 1. The van der Waals surface area contributed by atoms with E-state index in [1.54, 1.807) is 10.6 Å². The van der Waals surface area contributed by atoms with Crippen molar-refractivity contribution in [2.45, 2.75) is 38.3 Å². The van der Waals surface area contributed by atoms with Gasteiger partial charge in [-0.25, -0.2) is 23.5 Å². The molecule has 0 saturated carbocycles. The molecule has 1 N–H and O–H groups in total. The molecule has 2 aromatic carbocycles. The predicted molar refractivity (Wildman–Crippen MR) is 141 cm³/mol. The maximum atomic E-state index is 15.4. The van der Waals surface area contributed by atoms with Crippen molar-refractivity contribution in [3.8, 4) is 17.1 Å². The Bertz CT molecular complexity index is 1830. The number of carboxylic acid groups (broad SMARTS) is 1. The van der Waals surface area contributed by atoms with Gasteiger partial charge in [-0.05, 0) is 60.5 Å².